The van der Waals surface area contributed by atoms with E-state index in [1.165, 1.54) is 6.92 Å². The molecule has 0 aliphatic rings. The quantitative estimate of drug-likeness (QED) is 0.344. The first-order valence-corrected chi connectivity index (χ1v) is 6.74. The van der Waals surface area contributed by atoms with Crippen molar-refractivity contribution in [2.45, 2.75) is 6.92 Å². The summed E-state index contributed by atoms with van der Waals surface area (Å²) in [7, 11) is 0. The summed E-state index contributed by atoms with van der Waals surface area (Å²) in [5.41, 5.74) is 11.8. The fourth-order valence-corrected chi connectivity index (χ4v) is 1.83. The van der Waals surface area contributed by atoms with Crippen LogP contribution in [0.4, 0.5) is 11.4 Å². The van der Waals surface area contributed by atoms with Crippen LogP contribution in [0.25, 0.3) is 0 Å². The van der Waals surface area contributed by atoms with E-state index >= 15 is 0 Å². The zero-order valence-corrected chi connectivity index (χ0v) is 12.4. The third-order valence-corrected chi connectivity index (χ3v) is 2.76. The van der Waals surface area contributed by atoms with Crippen molar-refractivity contribution in [1.29, 1.82) is 0 Å². The van der Waals surface area contributed by atoms with E-state index in [-0.39, 0.29) is 17.6 Å². The van der Waals surface area contributed by atoms with Crippen LogP contribution in [0, 0.1) is 0 Å². The Bertz CT molecular complexity index is 750. The van der Waals surface area contributed by atoms with Crippen molar-refractivity contribution in [3.8, 4) is 5.75 Å². The molecule has 23 heavy (non-hydrogen) atoms. The van der Waals surface area contributed by atoms with E-state index in [2.05, 4.69) is 10.3 Å². The predicted octanol–water partition coefficient (Wildman–Crippen LogP) is 1.77. The maximum absolute atomic E-state index is 12.2. The highest BCUT2D eigenvalue weighted by molar-refractivity contribution is 5.94. The minimum atomic E-state index is -0.556. The first-order valence-electron chi connectivity index (χ1n) is 6.74. The average molecular weight is 312 g/mol. The van der Waals surface area contributed by atoms with Gasteiger partial charge >= 0.3 is 5.97 Å². The number of carbonyl (C=O) groups is 2. The molecule has 0 spiro atoms. The molecule has 0 unspecified atom stereocenters. The van der Waals surface area contributed by atoms with E-state index in [1.54, 1.807) is 48.5 Å². The van der Waals surface area contributed by atoms with E-state index in [0.717, 1.165) is 0 Å². The van der Waals surface area contributed by atoms with Gasteiger partial charge in [0, 0.05) is 6.92 Å². The lowest BCUT2D eigenvalue weighted by molar-refractivity contribution is -0.114. The number of benzene rings is 2. The molecule has 2 aromatic rings. The normalized spacial score (nSPS) is 9.78. The molecule has 0 aliphatic heterocycles. The summed E-state index contributed by atoms with van der Waals surface area (Å²) < 4.78 is 5.31. The van der Waals surface area contributed by atoms with E-state index in [0.29, 0.717) is 16.9 Å². The van der Waals surface area contributed by atoms with Gasteiger partial charge in [0.05, 0.1) is 16.9 Å². The van der Waals surface area contributed by atoms with Gasteiger partial charge in [0.25, 0.3) is 0 Å². The van der Waals surface area contributed by atoms with Gasteiger partial charge in [-0.15, -0.1) is 0 Å². The van der Waals surface area contributed by atoms with Gasteiger partial charge in [-0.05, 0) is 36.4 Å². The fraction of sp³-hybridized carbons (Fsp3) is 0.0625. The SMILES string of the molecule is CC(=O)Nc1ccccc1OC(=O)c1ccc(N=C(N)N)cc1. The molecule has 7 heteroatoms. The van der Waals surface area contributed by atoms with Gasteiger partial charge in [0.1, 0.15) is 0 Å². The van der Waals surface area contributed by atoms with Crippen LogP contribution in [0.5, 0.6) is 5.75 Å². The van der Waals surface area contributed by atoms with Gasteiger partial charge in [0.2, 0.25) is 5.91 Å². The Hall–Kier alpha value is -3.35. The molecule has 0 saturated carbocycles. The Balaban J connectivity index is 2.16. The molecular formula is C16H16N4O3. The Labute approximate surface area is 133 Å². The molecule has 0 heterocycles. The molecule has 118 valence electrons. The Morgan fingerprint density at radius 1 is 1.04 bits per heavy atom. The van der Waals surface area contributed by atoms with Crippen LogP contribution in [-0.4, -0.2) is 17.8 Å². The second-order valence-corrected chi connectivity index (χ2v) is 4.65. The summed E-state index contributed by atoms with van der Waals surface area (Å²) in [5, 5.41) is 2.60. The van der Waals surface area contributed by atoms with Gasteiger partial charge in [-0.1, -0.05) is 12.1 Å². The lowest BCUT2D eigenvalue weighted by Gasteiger charge is -2.10. The van der Waals surface area contributed by atoms with Crippen LogP contribution in [0.3, 0.4) is 0 Å². The fourth-order valence-electron chi connectivity index (χ4n) is 1.83. The highest BCUT2D eigenvalue weighted by Gasteiger charge is 2.12. The van der Waals surface area contributed by atoms with Crippen molar-refractivity contribution in [3.63, 3.8) is 0 Å². The largest absolute Gasteiger partial charge is 0.421 e. The monoisotopic (exact) mass is 312 g/mol. The third-order valence-electron chi connectivity index (χ3n) is 2.76. The maximum Gasteiger partial charge on any atom is 0.343 e. The highest BCUT2D eigenvalue weighted by atomic mass is 16.5. The van der Waals surface area contributed by atoms with Crippen molar-refractivity contribution >= 4 is 29.2 Å². The van der Waals surface area contributed by atoms with Crippen LogP contribution >= 0.6 is 0 Å². The number of hydrogen-bond donors (Lipinski definition) is 3. The Morgan fingerprint density at radius 3 is 2.30 bits per heavy atom. The number of amides is 1. The van der Waals surface area contributed by atoms with E-state index in [1.807, 2.05) is 0 Å². The number of rotatable bonds is 4. The molecule has 0 radical (unpaired) electrons. The van der Waals surface area contributed by atoms with Crippen LogP contribution in [0.2, 0.25) is 0 Å². The van der Waals surface area contributed by atoms with Crippen molar-refractivity contribution < 1.29 is 14.3 Å². The number of para-hydroxylation sites is 2. The first kappa shape index (κ1) is 16.0. The second kappa shape index (κ2) is 7.08. The molecule has 0 bridgehead atoms. The predicted molar refractivity (Wildman–Crippen MR) is 87.6 cm³/mol. The third kappa shape index (κ3) is 4.57. The minimum Gasteiger partial charge on any atom is -0.421 e. The Morgan fingerprint density at radius 2 is 1.70 bits per heavy atom. The number of nitrogens with one attached hydrogen (secondary N) is 1. The lowest BCUT2D eigenvalue weighted by Crippen LogP contribution is -2.21. The molecule has 2 aromatic carbocycles. The molecule has 2 rings (SSSR count). The van der Waals surface area contributed by atoms with Gasteiger partial charge in [-0.3, -0.25) is 4.79 Å². The highest BCUT2D eigenvalue weighted by Crippen LogP contribution is 2.25. The van der Waals surface area contributed by atoms with Gasteiger partial charge in [0.15, 0.2) is 11.7 Å². The van der Waals surface area contributed by atoms with Crippen LogP contribution in [0.1, 0.15) is 17.3 Å². The number of carbonyl (C=O) groups excluding carboxylic acids is 2. The summed E-state index contributed by atoms with van der Waals surface area (Å²) >= 11 is 0. The molecule has 1 amide bonds. The van der Waals surface area contributed by atoms with E-state index in [4.69, 9.17) is 16.2 Å². The molecule has 0 aromatic heterocycles. The lowest BCUT2D eigenvalue weighted by atomic mass is 10.2. The zero-order chi connectivity index (χ0) is 16.8. The average Bonchev–Trinajstić information content (AvgIpc) is 2.49. The van der Waals surface area contributed by atoms with Crippen LogP contribution in [-0.2, 0) is 4.79 Å². The molecule has 0 fully saturated rings. The smallest absolute Gasteiger partial charge is 0.343 e. The first-order chi connectivity index (χ1) is 11.0. The van der Waals surface area contributed by atoms with E-state index < -0.39 is 5.97 Å². The molecular weight excluding hydrogens is 296 g/mol. The second-order valence-electron chi connectivity index (χ2n) is 4.65. The topological polar surface area (TPSA) is 120 Å². The summed E-state index contributed by atoms with van der Waals surface area (Å²) in [5.74, 6) is -0.611. The summed E-state index contributed by atoms with van der Waals surface area (Å²) in [6.07, 6.45) is 0. The standard InChI is InChI=1S/C16H16N4O3/c1-10(21)19-13-4-2-3-5-14(13)23-15(22)11-6-8-12(9-7-11)20-16(17)18/h2-9H,1H3,(H,19,21)(H4,17,18,20). The van der Waals surface area contributed by atoms with Crippen molar-refractivity contribution in [1.82, 2.24) is 0 Å². The van der Waals surface area contributed by atoms with E-state index in [9.17, 15) is 9.59 Å². The maximum atomic E-state index is 12.2. The van der Waals surface area contributed by atoms with Crippen LogP contribution in [0.15, 0.2) is 53.5 Å². The van der Waals surface area contributed by atoms with Gasteiger partial charge in [-0.2, -0.15) is 0 Å². The number of nitrogens with zero attached hydrogens (tertiary/aromatic N) is 1. The minimum absolute atomic E-state index is 0.0652. The molecule has 0 aliphatic carbocycles. The Kier molecular flexibility index (Phi) is 4.93. The number of ether oxygens (including phenoxy) is 1. The zero-order valence-electron chi connectivity index (χ0n) is 12.4. The number of hydrogen-bond acceptors (Lipinski definition) is 4. The number of guanidine groups is 1. The molecule has 5 N–H and O–H groups in total. The molecule has 0 saturated heterocycles. The van der Waals surface area contributed by atoms with Crippen molar-refractivity contribution in [2.24, 2.45) is 16.5 Å². The molecule has 7 nitrogen and oxygen atoms in total. The summed E-state index contributed by atoms with van der Waals surface area (Å²) in [4.78, 5) is 27.2. The number of esters is 1. The van der Waals surface area contributed by atoms with Crippen molar-refractivity contribution in [2.75, 3.05) is 5.32 Å². The molecule has 0 atom stereocenters. The number of aliphatic imine (C=N–C) groups is 1. The summed E-state index contributed by atoms with van der Waals surface area (Å²) in [6, 6.07) is 13.0. The van der Waals surface area contributed by atoms with Crippen molar-refractivity contribution in [3.05, 3.63) is 54.1 Å². The van der Waals surface area contributed by atoms with Crippen LogP contribution < -0.4 is 21.5 Å². The van der Waals surface area contributed by atoms with Gasteiger partial charge in [-0.25, -0.2) is 9.79 Å². The van der Waals surface area contributed by atoms with Gasteiger partial charge < -0.3 is 21.5 Å². The summed E-state index contributed by atoms with van der Waals surface area (Å²) in [6.45, 7) is 1.38. The number of nitrogens with two attached hydrogens (primary N) is 2. The number of anilines is 1.